The van der Waals surface area contributed by atoms with Crippen molar-refractivity contribution >= 4 is 0 Å². The van der Waals surface area contributed by atoms with Gasteiger partial charge in [0.1, 0.15) is 0 Å². The molecule has 1 fully saturated rings. The molecule has 4 nitrogen and oxygen atoms in total. The maximum absolute atomic E-state index is 8.66. The molecule has 1 rings (SSSR count). The lowest BCUT2D eigenvalue weighted by Gasteiger charge is -2.46. The molecule has 1 aliphatic heterocycles. The molecule has 0 saturated carbocycles. The highest BCUT2D eigenvalue weighted by molar-refractivity contribution is 4.99. The van der Waals surface area contributed by atoms with Gasteiger partial charge in [-0.1, -0.05) is 0 Å². The number of hydrogen-bond donors (Lipinski definition) is 4. The molecule has 1 saturated heterocycles. The minimum atomic E-state index is 0.206. The molecule has 1 heterocycles. The molecule has 0 unspecified atom stereocenters. The molecule has 0 bridgehead atoms. The van der Waals surface area contributed by atoms with Gasteiger partial charge in [0.25, 0.3) is 0 Å². The Balaban J connectivity index is 2.28. The van der Waals surface area contributed by atoms with Crippen LogP contribution in [0.2, 0.25) is 0 Å². The van der Waals surface area contributed by atoms with Gasteiger partial charge in [0.15, 0.2) is 0 Å². The minimum Gasteiger partial charge on any atom is -0.395 e. The average molecular weight is 243 g/mol. The second-order valence-electron chi connectivity index (χ2n) is 6.43. The lowest BCUT2D eigenvalue weighted by atomic mass is 9.79. The van der Waals surface area contributed by atoms with Gasteiger partial charge in [-0.3, -0.25) is 0 Å². The summed E-state index contributed by atoms with van der Waals surface area (Å²) in [6, 6.07) is 0.581. The Morgan fingerprint density at radius 1 is 1.06 bits per heavy atom. The van der Waals surface area contributed by atoms with Crippen molar-refractivity contribution in [3.05, 3.63) is 0 Å². The van der Waals surface area contributed by atoms with Crippen molar-refractivity contribution in [3.8, 4) is 0 Å². The molecule has 1 aliphatic rings. The van der Waals surface area contributed by atoms with Crippen molar-refractivity contribution in [2.45, 2.75) is 57.7 Å². The van der Waals surface area contributed by atoms with Crippen molar-refractivity contribution in [1.29, 1.82) is 0 Å². The van der Waals surface area contributed by atoms with Crippen LogP contribution in [0.5, 0.6) is 0 Å². The quantitative estimate of drug-likeness (QED) is 0.512. The third-order valence-electron chi connectivity index (χ3n) is 3.21. The van der Waals surface area contributed by atoms with Gasteiger partial charge in [-0.25, -0.2) is 0 Å². The van der Waals surface area contributed by atoms with Crippen LogP contribution in [0, 0.1) is 0 Å². The first-order chi connectivity index (χ1) is 7.85. The molecule has 4 heteroatoms. The van der Waals surface area contributed by atoms with Crippen molar-refractivity contribution in [2.75, 3.05) is 26.2 Å². The number of rotatable bonds is 6. The van der Waals surface area contributed by atoms with E-state index in [0.29, 0.717) is 12.6 Å². The summed E-state index contributed by atoms with van der Waals surface area (Å²) in [6.45, 7) is 11.9. The molecule has 4 N–H and O–H groups in total. The molecule has 17 heavy (non-hydrogen) atoms. The minimum absolute atomic E-state index is 0.206. The Kier molecular flexibility index (Phi) is 5.38. The first-order valence-corrected chi connectivity index (χ1v) is 6.69. The second kappa shape index (κ2) is 6.14. The van der Waals surface area contributed by atoms with Crippen LogP contribution in [0.1, 0.15) is 40.5 Å². The molecular formula is C13H29N3O. The van der Waals surface area contributed by atoms with Gasteiger partial charge >= 0.3 is 0 Å². The molecule has 0 aromatic carbocycles. The fourth-order valence-electron chi connectivity index (χ4n) is 3.04. The largest absolute Gasteiger partial charge is 0.395 e. The Bertz CT molecular complexity index is 213. The third-order valence-corrected chi connectivity index (χ3v) is 3.21. The van der Waals surface area contributed by atoms with Gasteiger partial charge in [-0.05, 0) is 40.5 Å². The highest BCUT2D eigenvalue weighted by atomic mass is 16.3. The average Bonchev–Trinajstić information content (AvgIpc) is 2.12. The van der Waals surface area contributed by atoms with Crippen molar-refractivity contribution < 1.29 is 5.11 Å². The SMILES string of the molecule is CC1(C)CC(NCCNCCO)CC(C)(C)N1. The highest BCUT2D eigenvalue weighted by Gasteiger charge is 2.37. The van der Waals surface area contributed by atoms with Crippen molar-refractivity contribution in [1.82, 2.24) is 16.0 Å². The zero-order valence-electron chi connectivity index (χ0n) is 11.8. The predicted octanol–water partition coefficient (Wildman–Crippen LogP) is 0.467. The maximum atomic E-state index is 8.66. The first kappa shape index (κ1) is 14.9. The molecule has 0 amide bonds. The van der Waals surface area contributed by atoms with Crippen molar-refractivity contribution in [3.63, 3.8) is 0 Å². The molecule has 102 valence electrons. The maximum Gasteiger partial charge on any atom is 0.0555 e. The molecule has 0 aromatic rings. The van der Waals surface area contributed by atoms with Crippen LogP contribution in [-0.4, -0.2) is 48.5 Å². The molecule has 0 aromatic heterocycles. The van der Waals surface area contributed by atoms with E-state index < -0.39 is 0 Å². The van der Waals surface area contributed by atoms with Crippen molar-refractivity contribution in [2.24, 2.45) is 0 Å². The van der Waals surface area contributed by atoms with Crippen LogP contribution < -0.4 is 16.0 Å². The number of hydrogen-bond acceptors (Lipinski definition) is 4. The van der Waals surface area contributed by atoms with Gasteiger partial charge in [-0.15, -0.1) is 0 Å². The summed E-state index contributed by atoms with van der Waals surface area (Å²) < 4.78 is 0. The summed E-state index contributed by atoms with van der Waals surface area (Å²) in [4.78, 5) is 0. The summed E-state index contributed by atoms with van der Waals surface area (Å²) >= 11 is 0. The molecular weight excluding hydrogens is 214 g/mol. The number of piperidine rings is 1. The van der Waals surface area contributed by atoms with Crippen LogP contribution in [0.25, 0.3) is 0 Å². The summed E-state index contributed by atoms with van der Waals surface area (Å²) in [7, 11) is 0. The predicted molar refractivity (Wildman–Crippen MR) is 72.3 cm³/mol. The van der Waals surface area contributed by atoms with Gasteiger partial charge in [0.2, 0.25) is 0 Å². The van der Waals surface area contributed by atoms with E-state index in [1.54, 1.807) is 0 Å². The van der Waals surface area contributed by atoms with Gasteiger partial charge in [0, 0.05) is 36.8 Å². The topological polar surface area (TPSA) is 56.3 Å². The molecule has 0 aliphatic carbocycles. The van der Waals surface area contributed by atoms with Gasteiger partial charge < -0.3 is 21.1 Å². The van der Waals surface area contributed by atoms with E-state index in [4.69, 9.17) is 5.11 Å². The zero-order chi connectivity index (χ0) is 12.9. The Morgan fingerprint density at radius 3 is 2.18 bits per heavy atom. The first-order valence-electron chi connectivity index (χ1n) is 6.69. The molecule has 0 atom stereocenters. The summed E-state index contributed by atoms with van der Waals surface area (Å²) in [5.41, 5.74) is 0.413. The van der Waals surface area contributed by atoms with E-state index in [1.165, 1.54) is 0 Å². The van der Waals surface area contributed by atoms with E-state index in [2.05, 4.69) is 43.6 Å². The lowest BCUT2D eigenvalue weighted by Crippen LogP contribution is -2.61. The van der Waals surface area contributed by atoms with Crippen LogP contribution in [0.3, 0.4) is 0 Å². The van der Waals surface area contributed by atoms with E-state index in [-0.39, 0.29) is 17.7 Å². The van der Waals surface area contributed by atoms with Crippen LogP contribution >= 0.6 is 0 Å². The van der Waals surface area contributed by atoms with Crippen LogP contribution in [0.15, 0.2) is 0 Å². The summed E-state index contributed by atoms with van der Waals surface area (Å²) in [5, 5.41) is 19.1. The third kappa shape index (κ3) is 5.82. The van der Waals surface area contributed by atoms with Gasteiger partial charge in [0.05, 0.1) is 6.61 Å². The lowest BCUT2D eigenvalue weighted by molar-refractivity contribution is 0.146. The molecule has 0 spiro atoms. The van der Waals surface area contributed by atoms with E-state index >= 15 is 0 Å². The Morgan fingerprint density at radius 2 is 1.65 bits per heavy atom. The fraction of sp³-hybridized carbons (Fsp3) is 1.00. The second-order valence-corrected chi connectivity index (χ2v) is 6.43. The highest BCUT2D eigenvalue weighted by Crippen LogP contribution is 2.28. The standard InChI is InChI=1S/C13H29N3O/c1-12(2)9-11(10-13(3,4)16-12)15-6-5-14-7-8-17/h11,14-17H,5-10H2,1-4H3. The van der Waals surface area contributed by atoms with E-state index in [9.17, 15) is 0 Å². The fourth-order valence-corrected chi connectivity index (χ4v) is 3.04. The van der Waals surface area contributed by atoms with Crippen LogP contribution in [0.4, 0.5) is 0 Å². The number of aliphatic hydroxyl groups is 1. The smallest absolute Gasteiger partial charge is 0.0555 e. The Hall–Kier alpha value is -0.160. The monoisotopic (exact) mass is 243 g/mol. The van der Waals surface area contributed by atoms with E-state index in [0.717, 1.165) is 25.9 Å². The van der Waals surface area contributed by atoms with Gasteiger partial charge in [-0.2, -0.15) is 0 Å². The van der Waals surface area contributed by atoms with Crippen LogP contribution in [-0.2, 0) is 0 Å². The van der Waals surface area contributed by atoms with E-state index in [1.807, 2.05) is 0 Å². The Labute approximate surface area is 106 Å². The molecule has 0 radical (unpaired) electrons. The normalized spacial score (nSPS) is 23.8. The zero-order valence-corrected chi connectivity index (χ0v) is 11.8. The number of aliphatic hydroxyl groups excluding tert-OH is 1. The summed E-state index contributed by atoms with van der Waals surface area (Å²) in [5.74, 6) is 0. The summed E-state index contributed by atoms with van der Waals surface area (Å²) in [6.07, 6.45) is 2.33. The number of nitrogens with one attached hydrogen (secondary N) is 3.